The van der Waals surface area contributed by atoms with Gasteiger partial charge in [0.15, 0.2) is 0 Å². The molecule has 2 aromatic rings. The van der Waals surface area contributed by atoms with Crippen LogP contribution in [0.1, 0.15) is 56.5 Å². The van der Waals surface area contributed by atoms with Crippen LogP contribution in [0.4, 0.5) is 0 Å². The molecule has 1 aromatic carbocycles. The molecular formula is C15H21N3. The molecule has 0 spiro atoms. The summed E-state index contributed by atoms with van der Waals surface area (Å²) in [7, 11) is 0. The second-order valence-corrected chi connectivity index (χ2v) is 5.59. The van der Waals surface area contributed by atoms with E-state index < -0.39 is 0 Å². The van der Waals surface area contributed by atoms with Crippen LogP contribution in [0.3, 0.4) is 0 Å². The summed E-state index contributed by atoms with van der Waals surface area (Å²) >= 11 is 0. The van der Waals surface area contributed by atoms with Crippen LogP contribution in [-0.2, 0) is 6.54 Å². The number of benzene rings is 1. The van der Waals surface area contributed by atoms with Gasteiger partial charge in [-0.1, -0.05) is 12.5 Å². The van der Waals surface area contributed by atoms with E-state index in [-0.39, 0.29) is 0 Å². The maximum absolute atomic E-state index is 5.71. The van der Waals surface area contributed by atoms with Gasteiger partial charge in [0.25, 0.3) is 0 Å². The monoisotopic (exact) mass is 243 g/mol. The number of nitrogens with two attached hydrogens (primary N) is 1. The average Bonchev–Trinajstić information content (AvgIpc) is 2.63. The van der Waals surface area contributed by atoms with Gasteiger partial charge in [-0.25, -0.2) is 4.98 Å². The summed E-state index contributed by atoms with van der Waals surface area (Å²) in [6.07, 6.45) is 3.93. The van der Waals surface area contributed by atoms with Crippen molar-refractivity contribution in [3.05, 3.63) is 29.6 Å². The first-order valence-electron chi connectivity index (χ1n) is 6.91. The van der Waals surface area contributed by atoms with Gasteiger partial charge in [-0.3, -0.25) is 0 Å². The Morgan fingerprint density at radius 1 is 1.39 bits per heavy atom. The highest BCUT2D eigenvalue weighted by Crippen LogP contribution is 2.38. The largest absolute Gasteiger partial charge is 0.326 e. The fraction of sp³-hybridized carbons (Fsp3) is 0.533. The third kappa shape index (κ3) is 1.74. The molecule has 18 heavy (non-hydrogen) atoms. The first kappa shape index (κ1) is 11.7. The Balaban J connectivity index is 2.18. The Kier molecular flexibility index (Phi) is 2.86. The molecule has 1 aliphatic rings. The third-order valence-electron chi connectivity index (χ3n) is 4.00. The highest BCUT2D eigenvalue weighted by Gasteiger charge is 2.26. The van der Waals surface area contributed by atoms with Crippen LogP contribution in [0.25, 0.3) is 11.0 Å². The fourth-order valence-electron chi connectivity index (χ4n) is 2.79. The molecule has 1 saturated carbocycles. The Morgan fingerprint density at radius 2 is 2.17 bits per heavy atom. The van der Waals surface area contributed by atoms with E-state index in [4.69, 9.17) is 10.7 Å². The summed E-state index contributed by atoms with van der Waals surface area (Å²) in [5.74, 6) is 1.95. The van der Waals surface area contributed by atoms with Crippen LogP contribution < -0.4 is 5.73 Å². The average molecular weight is 243 g/mol. The normalized spacial score (nSPS) is 16.4. The molecule has 96 valence electrons. The summed E-state index contributed by atoms with van der Waals surface area (Å²) in [5.41, 5.74) is 9.23. The van der Waals surface area contributed by atoms with Gasteiger partial charge in [-0.2, -0.15) is 0 Å². The second kappa shape index (κ2) is 4.39. The second-order valence-electron chi connectivity index (χ2n) is 5.59. The summed E-state index contributed by atoms with van der Waals surface area (Å²) in [5, 5.41) is 0. The number of nitrogens with zero attached hydrogens (tertiary/aromatic N) is 2. The number of hydrogen-bond donors (Lipinski definition) is 1. The first-order valence-corrected chi connectivity index (χ1v) is 6.91. The van der Waals surface area contributed by atoms with Crippen LogP contribution in [0.2, 0.25) is 0 Å². The van der Waals surface area contributed by atoms with Crippen LogP contribution in [0.5, 0.6) is 0 Å². The lowest BCUT2D eigenvalue weighted by Crippen LogP contribution is -2.16. The number of fused-ring (bicyclic) bond motifs is 1. The molecule has 1 aliphatic carbocycles. The molecule has 2 N–H and O–H groups in total. The molecule has 0 bridgehead atoms. The highest BCUT2D eigenvalue weighted by atomic mass is 15.1. The highest BCUT2D eigenvalue weighted by molar-refractivity contribution is 5.77. The first-order chi connectivity index (χ1) is 8.70. The van der Waals surface area contributed by atoms with E-state index in [1.54, 1.807) is 0 Å². The van der Waals surface area contributed by atoms with E-state index in [9.17, 15) is 0 Å². The number of imidazole rings is 1. The number of hydrogen-bond acceptors (Lipinski definition) is 2. The predicted octanol–water partition coefficient (Wildman–Crippen LogP) is 3.34. The van der Waals surface area contributed by atoms with E-state index in [1.165, 1.54) is 30.6 Å². The van der Waals surface area contributed by atoms with Crippen molar-refractivity contribution in [2.45, 2.75) is 51.6 Å². The predicted molar refractivity (Wildman–Crippen MR) is 74.6 cm³/mol. The lowest BCUT2D eigenvalue weighted by atomic mass is 9.84. The van der Waals surface area contributed by atoms with Gasteiger partial charge >= 0.3 is 0 Å². The Labute approximate surface area is 108 Å². The molecule has 0 atom stereocenters. The zero-order valence-corrected chi connectivity index (χ0v) is 11.2. The van der Waals surface area contributed by atoms with Gasteiger partial charge in [0.1, 0.15) is 5.82 Å². The molecule has 3 rings (SSSR count). The summed E-state index contributed by atoms with van der Waals surface area (Å²) < 4.78 is 2.40. The van der Waals surface area contributed by atoms with Crippen molar-refractivity contribution in [2.24, 2.45) is 5.73 Å². The van der Waals surface area contributed by atoms with Crippen molar-refractivity contribution in [3.8, 4) is 0 Å². The van der Waals surface area contributed by atoms with Gasteiger partial charge in [-0.05, 0) is 44.4 Å². The maximum atomic E-state index is 5.71. The maximum Gasteiger partial charge on any atom is 0.113 e. The molecule has 1 fully saturated rings. The lowest BCUT2D eigenvalue weighted by molar-refractivity contribution is 0.381. The molecule has 0 saturated heterocycles. The van der Waals surface area contributed by atoms with E-state index in [0.29, 0.717) is 18.5 Å². The van der Waals surface area contributed by atoms with Crippen molar-refractivity contribution in [2.75, 3.05) is 0 Å². The minimum atomic E-state index is 0.467. The van der Waals surface area contributed by atoms with E-state index in [2.05, 4.69) is 36.6 Å². The van der Waals surface area contributed by atoms with Crippen LogP contribution in [-0.4, -0.2) is 9.55 Å². The Bertz CT molecular complexity index is 564. The summed E-state index contributed by atoms with van der Waals surface area (Å²) in [6.45, 7) is 5.06. The molecule has 0 radical (unpaired) electrons. The summed E-state index contributed by atoms with van der Waals surface area (Å²) in [4.78, 5) is 4.87. The molecule has 1 heterocycles. The van der Waals surface area contributed by atoms with Gasteiger partial charge in [-0.15, -0.1) is 0 Å². The smallest absolute Gasteiger partial charge is 0.113 e. The van der Waals surface area contributed by atoms with Crippen molar-refractivity contribution >= 4 is 11.0 Å². The van der Waals surface area contributed by atoms with Crippen molar-refractivity contribution in [1.29, 1.82) is 0 Å². The molecular weight excluding hydrogens is 222 g/mol. The zero-order valence-electron chi connectivity index (χ0n) is 11.2. The van der Waals surface area contributed by atoms with Crippen molar-refractivity contribution in [1.82, 2.24) is 9.55 Å². The van der Waals surface area contributed by atoms with Gasteiger partial charge in [0.05, 0.1) is 11.0 Å². The van der Waals surface area contributed by atoms with Gasteiger partial charge < -0.3 is 10.3 Å². The minimum absolute atomic E-state index is 0.467. The topological polar surface area (TPSA) is 43.8 Å². The molecule has 0 aliphatic heterocycles. The van der Waals surface area contributed by atoms with Crippen molar-refractivity contribution in [3.63, 3.8) is 0 Å². The number of aromatic nitrogens is 2. The molecule has 0 unspecified atom stereocenters. The SMILES string of the molecule is CC(C)n1c(C2CCC2)nc2cc(CN)ccc21. The van der Waals surface area contributed by atoms with E-state index in [1.807, 2.05) is 0 Å². The van der Waals surface area contributed by atoms with Crippen molar-refractivity contribution < 1.29 is 0 Å². The van der Waals surface area contributed by atoms with Crippen LogP contribution in [0, 0.1) is 0 Å². The van der Waals surface area contributed by atoms with Gasteiger partial charge in [0, 0.05) is 18.5 Å². The standard InChI is InChI=1S/C15H21N3/c1-10(2)18-14-7-6-11(9-16)8-13(14)17-15(18)12-4-3-5-12/h6-8,10,12H,3-5,9,16H2,1-2H3. The van der Waals surface area contributed by atoms with Gasteiger partial charge in [0.2, 0.25) is 0 Å². The van der Waals surface area contributed by atoms with E-state index in [0.717, 1.165) is 11.1 Å². The zero-order chi connectivity index (χ0) is 12.7. The molecule has 1 aromatic heterocycles. The minimum Gasteiger partial charge on any atom is -0.326 e. The fourth-order valence-corrected chi connectivity index (χ4v) is 2.79. The molecule has 3 heteroatoms. The van der Waals surface area contributed by atoms with E-state index >= 15 is 0 Å². The van der Waals surface area contributed by atoms with Crippen LogP contribution >= 0.6 is 0 Å². The van der Waals surface area contributed by atoms with Crippen LogP contribution in [0.15, 0.2) is 18.2 Å². The summed E-state index contributed by atoms with van der Waals surface area (Å²) in [6, 6.07) is 6.89. The quantitative estimate of drug-likeness (QED) is 0.898. The Morgan fingerprint density at radius 3 is 2.72 bits per heavy atom. The third-order valence-corrected chi connectivity index (χ3v) is 4.00. The lowest BCUT2D eigenvalue weighted by Gasteiger charge is -2.27. The Hall–Kier alpha value is -1.35. The molecule has 3 nitrogen and oxygen atoms in total. The number of rotatable bonds is 3. The molecule has 0 amide bonds.